The average molecular weight is 279 g/mol. The third-order valence-electron chi connectivity index (χ3n) is 3.08. The number of para-hydroxylation sites is 1. The number of carbonyl (C=O) groups is 1. The van der Waals surface area contributed by atoms with Crippen LogP contribution in [0.3, 0.4) is 0 Å². The molecule has 104 valence electrons. The molecule has 2 aromatic heterocycles. The van der Waals surface area contributed by atoms with Gasteiger partial charge in [-0.15, -0.1) is 10.2 Å². The van der Waals surface area contributed by atoms with Crippen LogP contribution in [0.4, 0.5) is 5.69 Å². The van der Waals surface area contributed by atoms with E-state index in [0.717, 1.165) is 11.3 Å². The van der Waals surface area contributed by atoms with E-state index in [4.69, 9.17) is 0 Å². The zero-order chi connectivity index (χ0) is 14.7. The maximum absolute atomic E-state index is 12.3. The number of aryl methyl sites for hydroxylation is 1. The predicted octanol–water partition coefficient (Wildman–Crippen LogP) is 2.22. The number of anilines is 1. The first-order chi connectivity index (χ1) is 10.2. The molecule has 0 atom stereocenters. The minimum Gasteiger partial charge on any atom is -0.322 e. The van der Waals surface area contributed by atoms with Crippen LogP contribution in [0.15, 0.2) is 55.2 Å². The molecule has 0 aliphatic carbocycles. The number of rotatable bonds is 3. The highest BCUT2D eigenvalue weighted by molar-refractivity contribution is 6.04. The highest BCUT2D eigenvalue weighted by Crippen LogP contribution is 2.15. The van der Waals surface area contributed by atoms with E-state index in [1.165, 1.54) is 12.7 Å². The number of carbonyl (C=O) groups excluding carboxylic acids is 1. The largest absolute Gasteiger partial charge is 0.322 e. The van der Waals surface area contributed by atoms with Crippen molar-refractivity contribution in [3.8, 4) is 5.82 Å². The van der Waals surface area contributed by atoms with E-state index in [9.17, 15) is 4.79 Å². The van der Waals surface area contributed by atoms with E-state index in [0.29, 0.717) is 11.4 Å². The fraction of sp³-hybridized carbons (Fsp3) is 0.0667. The predicted molar refractivity (Wildman–Crippen MR) is 78.3 cm³/mol. The van der Waals surface area contributed by atoms with Crippen LogP contribution in [0.1, 0.15) is 15.9 Å². The fourth-order valence-corrected chi connectivity index (χ4v) is 1.93. The van der Waals surface area contributed by atoms with E-state index in [-0.39, 0.29) is 5.91 Å². The molecular weight excluding hydrogens is 266 g/mol. The Kier molecular flexibility index (Phi) is 3.42. The van der Waals surface area contributed by atoms with Crippen molar-refractivity contribution in [3.63, 3.8) is 0 Å². The van der Waals surface area contributed by atoms with E-state index >= 15 is 0 Å². The molecule has 2 heterocycles. The van der Waals surface area contributed by atoms with Gasteiger partial charge in [0.2, 0.25) is 0 Å². The number of hydrogen-bond donors (Lipinski definition) is 1. The third kappa shape index (κ3) is 2.79. The number of pyridine rings is 1. The van der Waals surface area contributed by atoms with Gasteiger partial charge in [-0.05, 0) is 30.7 Å². The molecule has 0 unspecified atom stereocenters. The van der Waals surface area contributed by atoms with E-state index < -0.39 is 0 Å². The molecule has 1 N–H and O–H groups in total. The lowest BCUT2D eigenvalue weighted by molar-refractivity contribution is 0.102. The monoisotopic (exact) mass is 279 g/mol. The van der Waals surface area contributed by atoms with Gasteiger partial charge >= 0.3 is 0 Å². The fourth-order valence-electron chi connectivity index (χ4n) is 1.93. The lowest BCUT2D eigenvalue weighted by Gasteiger charge is -2.08. The maximum Gasteiger partial charge on any atom is 0.255 e. The number of benzene rings is 1. The molecule has 0 saturated carbocycles. The van der Waals surface area contributed by atoms with Crippen molar-refractivity contribution in [3.05, 3.63) is 66.4 Å². The van der Waals surface area contributed by atoms with Gasteiger partial charge in [0, 0.05) is 17.4 Å². The van der Waals surface area contributed by atoms with Crippen LogP contribution in [-0.4, -0.2) is 25.7 Å². The van der Waals surface area contributed by atoms with Gasteiger partial charge in [-0.3, -0.25) is 9.36 Å². The van der Waals surface area contributed by atoms with Gasteiger partial charge in [0.25, 0.3) is 5.91 Å². The lowest BCUT2D eigenvalue weighted by atomic mass is 10.2. The average Bonchev–Trinajstić information content (AvgIpc) is 3.04. The Hall–Kier alpha value is -3.02. The van der Waals surface area contributed by atoms with Crippen molar-refractivity contribution in [2.75, 3.05) is 5.32 Å². The van der Waals surface area contributed by atoms with Gasteiger partial charge in [-0.2, -0.15) is 0 Å². The third-order valence-corrected chi connectivity index (χ3v) is 3.08. The van der Waals surface area contributed by atoms with Gasteiger partial charge in [-0.25, -0.2) is 4.98 Å². The number of nitrogens with zero attached hydrogens (tertiary/aromatic N) is 4. The van der Waals surface area contributed by atoms with Crippen molar-refractivity contribution in [1.82, 2.24) is 19.7 Å². The Morgan fingerprint density at radius 2 is 1.90 bits per heavy atom. The number of amides is 1. The highest BCUT2D eigenvalue weighted by Gasteiger charge is 2.09. The lowest BCUT2D eigenvalue weighted by Crippen LogP contribution is -2.13. The summed E-state index contributed by atoms with van der Waals surface area (Å²) in [5, 5.41) is 10.3. The number of aromatic nitrogens is 4. The summed E-state index contributed by atoms with van der Waals surface area (Å²) in [7, 11) is 0. The van der Waals surface area contributed by atoms with Gasteiger partial charge in [0.15, 0.2) is 0 Å². The molecule has 0 aliphatic rings. The summed E-state index contributed by atoms with van der Waals surface area (Å²) >= 11 is 0. The number of nitrogens with one attached hydrogen (secondary N) is 1. The van der Waals surface area contributed by atoms with Gasteiger partial charge < -0.3 is 5.32 Å². The van der Waals surface area contributed by atoms with Gasteiger partial charge in [-0.1, -0.05) is 18.2 Å². The second-order valence-electron chi connectivity index (χ2n) is 4.54. The second-order valence-corrected chi connectivity index (χ2v) is 4.54. The van der Waals surface area contributed by atoms with Crippen molar-refractivity contribution in [1.29, 1.82) is 0 Å². The first-order valence-electron chi connectivity index (χ1n) is 6.42. The molecule has 0 bridgehead atoms. The van der Waals surface area contributed by atoms with Crippen LogP contribution in [0, 0.1) is 6.92 Å². The minimum atomic E-state index is -0.180. The molecule has 0 radical (unpaired) electrons. The van der Waals surface area contributed by atoms with E-state index in [1.807, 2.05) is 31.2 Å². The Morgan fingerprint density at radius 3 is 2.67 bits per heavy atom. The molecule has 0 aliphatic heterocycles. The zero-order valence-electron chi connectivity index (χ0n) is 11.4. The molecule has 0 spiro atoms. The Balaban J connectivity index is 1.85. The maximum atomic E-state index is 12.3. The van der Waals surface area contributed by atoms with Crippen LogP contribution in [0.2, 0.25) is 0 Å². The Morgan fingerprint density at radius 1 is 1.14 bits per heavy atom. The van der Waals surface area contributed by atoms with Crippen LogP contribution in [0.5, 0.6) is 0 Å². The molecule has 6 nitrogen and oxygen atoms in total. The van der Waals surface area contributed by atoms with Crippen LogP contribution >= 0.6 is 0 Å². The summed E-state index contributed by atoms with van der Waals surface area (Å²) < 4.78 is 1.64. The summed E-state index contributed by atoms with van der Waals surface area (Å²) in [6.07, 6.45) is 4.65. The number of hydrogen-bond acceptors (Lipinski definition) is 4. The van der Waals surface area contributed by atoms with Crippen molar-refractivity contribution >= 4 is 11.6 Å². The molecule has 1 aromatic carbocycles. The summed E-state index contributed by atoms with van der Waals surface area (Å²) in [5.74, 6) is 0.415. The molecule has 3 aromatic rings. The first-order valence-corrected chi connectivity index (χ1v) is 6.42. The topological polar surface area (TPSA) is 72.7 Å². The van der Waals surface area contributed by atoms with E-state index in [2.05, 4.69) is 20.5 Å². The Labute approximate surface area is 121 Å². The van der Waals surface area contributed by atoms with Crippen molar-refractivity contribution in [2.24, 2.45) is 0 Å². The SMILES string of the molecule is Cc1ccccc1NC(=O)c1ccnc(-n2cnnc2)c1. The highest BCUT2D eigenvalue weighted by atomic mass is 16.1. The summed E-state index contributed by atoms with van der Waals surface area (Å²) in [6, 6.07) is 11.0. The Bertz CT molecular complexity index is 767. The first kappa shape index (κ1) is 13.0. The van der Waals surface area contributed by atoms with Crippen molar-refractivity contribution < 1.29 is 4.79 Å². The summed E-state index contributed by atoms with van der Waals surface area (Å²) in [6.45, 7) is 1.95. The molecule has 0 fully saturated rings. The van der Waals surface area contributed by atoms with Gasteiger partial charge in [0.1, 0.15) is 18.5 Å². The van der Waals surface area contributed by atoms with Crippen molar-refractivity contribution in [2.45, 2.75) is 6.92 Å². The summed E-state index contributed by atoms with van der Waals surface area (Å²) in [5.41, 5.74) is 2.33. The zero-order valence-corrected chi connectivity index (χ0v) is 11.4. The molecule has 6 heteroatoms. The second kappa shape index (κ2) is 5.54. The van der Waals surface area contributed by atoms with E-state index in [1.54, 1.807) is 22.9 Å². The molecule has 0 saturated heterocycles. The normalized spacial score (nSPS) is 10.3. The van der Waals surface area contributed by atoms with Crippen LogP contribution < -0.4 is 5.32 Å². The van der Waals surface area contributed by atoms with Crippen LogP contribution in [0.25, 0.3) is 5.82 Å². The standard InChI is InChI=1S/C15H13N5O/c1-11-4-2-3-5-13(11)19-15(21)12-6-7-16-14(8-12)20-9-17-18-10-20/h2-10H,1H3,(H,19,21). The molecule has 1 amide bonds. The summed E-state index contributed by atoms with van der Waals surface area (Å²) in [4.78, 5) is 16.5. The smallest absolute Gasteiger partial charge is 0.255 e. The molecule has 21 heavy (non-hydrogen) atoms. The van der Waals surface area contributed by atoms with Crippen LogP contribution in [-0.2, 0) is 0 Å². The minimum absolute atomic E-state index is 0.180. The molecular formula is C15H13N5O. The quantitative estimate of drug-likeness (QED) is 0.798. The van der Waals surface area contributed by atoms with Gasteiger partial charge in [0.05, 0.1) is 0 Å². The molecule has 3 rings (SSSR count).